The van der Waals surface area contributed by atoms with Gasteiger partial charge in [0.15, 0.2) is 0 Å². The van der Waals surface area contributed by atoms with Gasteiger partial charge in [0.25, 0.3) is 0 Å². The molecule has 0 unspecified atom stereocenters. The smallest absolute Gasteiger partial charge is 0.0872 e. The van der Waals surface area contributed by atoms with Crippen LogP contribution in [0.25, 0.3) is 0 Å². The van der Waals surface area contributed by atoms with Crippen LogP contribution in [0, 0.1) is 0 Å². The summed E-state index contributed by atoms with van der Waals surface area (Å²) in [7, 11) is 2.01. The second kappa shape index (κ2) is 1.87. The minimum atomic E-state index is 0.809. The van der Waals surface area contributed by atoms with Crippen LogP contribution >= 0.6 is 0 Å². The van der Waals surface area contributed by atoms with Crippen LogP contribution < -0.4 is 5.32 Å². The fourth-order valence-corrected chi connectivity index (χ4v) is 1.15. The molecule has 0 radical (unpaired) electrons. The van der Waals surface area contributed by atoms with Gasteiger partial charge < -0.3 is 9.88 Å². The van der Waals surface area contributed by atoms with Crippen molar-refractivity contribution in [1.29, 1.82) is 0 Å². The first kappa shape index (κ1) is 5.53. The zero-order chi connectivity index (χ0) is 6.97. The van der Waals surface area contributed by atoms with Crippen LogP contribution in [0.1, 0.15) is 5.56 Å². The van der Waals surface area contributed by atoms with Gasteiger partial charge in [-0.3, -0.25) is 4.99 Å². The van der Waals surface area contributed by atoms with Crippen molar-refractivity contribution in [1.82, 2.24) is 4.57 Å². The van der Waals surface area contributed by atoms with Crippen molar-refractivity contribution < 1.29 is 0 Å². The molecule has 0 saturated carbocycles. The van der Waals surface area contributed by atoms with E-state index in [0.29, 0.717) is 0 Å². The topological polar surface area (TPSA) is 29.3 Å². The number of fused-ring (bicyclic) bond motifs is 1. The van der Waals surface area contributed by atoms with Crippen LogP contribution in [0.4, 0.5) is 5.69 Å². The summed E-state index contributed by atoms with van der Waals surface area (Å²) in [5.74, 6) is 0. The quantitative estimate of drug-likeness (QED) is 0.564. The van der Waals surface area contributed by atoms with E-state index in [-0.39, 0.29) is 0 Å². The lowest BCUT2D eigenvalue weighted by molar-refractivity contribution is 0.918. The minimum Gasteiger partial charge on any atom is -0.355 e. The second-order valence-corrected chi connectivity index (χ2v) is 2.48. The molecule has 1 aromatic heterocycles. The SMILES string of the molecule is Cn1cc2c(c1)NC=NC2. The van der Waals surface area contributed by atoms with Gasteiger partial charge in [-0.2, -0.15) is 0 Å². The summed E-state index contributed by atoms with van der Waals surface area (Å²) in [5.41, 5.74) is 2.45. The van der Waals surface area contributed by atoms with E-state index in [1.165, 1.54) is 11.3 Å². The van der Waals surface area contributed by atoms with Crippen molar-refractivity contribution in [3.8, 4) is 0 Å². The zero-order valence-corrected chi connectivity index (χ0v) is 5.83. The molecule has 1 aliphatic rings. The number of aryl methyl sites for hydroxylation is 1. The molecular weight excluding hydrogens is 126 g/mol. The summed E-state index contributed by atoms with van der Waals surface area (Å²) < 4.78 is 2.03. The van der Waals surface area contributed by atoms with E-state index in [2.05, 4.69) is 22.7 Å². The number of rotatable bonds is 0. The van der Waals surface area contributed by atoms with Gasteiger partial charge in [-0.1, -0.05) is 0 Å². The molecule has 52 valence electrons. The van der Waals surface area contributed by atoms with Gasteiger partial charge in [-0.05, 0) is 0 Å². The Hall–Kier alpha value is -1.25. The maximum Gasteiger partial charge on any atom is 0.0872 e. The highest BCUT2D eigenvalue weighted by atomic mass is 15.0. The number of aliphatic imine (C=N–C) groups is 1. The highest BCUT2D eigenvalue weighted by molar-refractivity contribution is 5.79. The minimum absolute atomic E-state index is 0.809. The fraction of sp³-hybridized carbons (Fsp3) is 0.286. The standard InChI is InChI=1S/C7H9N3/c1-10-3-6-2-8-5-9-7(6)4-10/h3-5H,2H2,1H3,(H,8,9). The average molecular weight is 135 g/mol. The summed E-state index contributed by atoms with van der Waals surface area (Å²) in [6.45, 7) is 0.809. The van der Waals surface area contributed by atoms with Crippen LogP contribution in [0.15, 0.2) is 17.4 Å². The molecule has 3 heteroatoms. The Balaban J connectivity index is 2.46. The first-order chi connectivity index (χ1) is 4.86. The van der Waals surface area contributed by atoms with Gasteiger partial charge in [0, 0.05) is 25.0 Å². The fourth-order valence-electron chi connectivity index (χ4n) is 1.15. The molecule has 0 aliphatic carbocycles. The van der Waals surface area contributed by atoms with E-state index in [0.717, 1.165) is 6.54 Å². The molecule has 0 bridgehead atoms. The number of anilines is 1. The Labute approximate surface area is 59.4 Å². The number of aromatic nitrogens is 1. The molecule has 1 aliphatic heterocycles. The Bertz CT molecular complexity index is 247. The lowest BCUT2D eigenvalue weighted by Crippen LogP contribution is -2.01. The Kier molecular flexibility index (Phi) is 1.03. The lowest BCUT2D eigenvalue weighted by Gasteiger charge is -2.04. The number of hydrogen-bond donors (Lipinski definition) is 1. The largest absolute Gasteiger partial charge is 0.355 e. The molecule has 0 saturated heterocycles. The van der Waals surface area contributed by atoms with E-state index in [9.17, 15) is 0 Å². The summed E-state index contributed by atoms with van der Waals surface area (Å²) >= 11 is 0. The van der Waals surface area contributed by atoms with Crippen LogP contribution in [0.2, 0.25) is 0 Å². The van der Waals surface area contributed by atoms with Gasteiger partial charge in [0.05, 0.1) is 18.6 Å². The van der Waals surface area contributed by atoms with Gasteiger partial charge in [-0.25, -0.2) is 0 Å². The maximum absolute atomic E-state index is 4.08. The normalized spacial score (nSPS) is 14.5. The summed E-state index contributed by atoms with van der Waals surface area (Å²) in [6, 6.07) is 0. The molecule has 0 aromatic carbocycles. The summed E-state index contributed by atoms with van der Waals surface area (Å²) in [5, 5.41) is 3.07. The van der Waals surface area contributed by atoms with Crippen LogP contribution in [-0.2, 0) is 13.6 Å². The molecule has 0 spiro atoms. The highest BCUT2D eigenvalue weighted by Crippen LogP contribution is 2.18. The molecule has 1 aromatic rings. The van der Waals surface area contributed by atoms with E-state index < -0.39 is 0 Å². The van der Waals surface area contributed by atoms with Crippen molar-refractivity contribution >= 4 is 12.0 Å². The molecule has 10 heavy (non-hydrogen) atoms. The van der Waals surface area contributed by atoms with E-state index in [1.807, 2.05) is 11.6 Å². The number of nitrogens with one attached hydrogen (secondary N) is 1. The third-order valence-corrected chi connectivity index (χ3v) is 1.61. The van der Waals surface area contributed by atoms with Crippen LogP contribution in [-0.4, -0.2) is 10.9 Å². The molecule has 2 heterocycles. The van der Waals surface area contributed by atoms with Crippen molar-refractivity contribution in [2.24, 2.45) is 12.0 Å². The van der Waals surface area contributed by atoms with Gasteiger partial charge in [0.1, 0.15) is 0 Å². The Morgan fingerprint density at radius 1 is 1.60 bits per heavy atom. The van der Waals surface area contributed by atoms with Crippen LogP contribution in [0.5, 0.6) is 0 Å². The number of hydrogen-bond acceptors (Lipinski definition) is 2. The Morgan fingerprint density at radius 2 is 2.50 bits per heavy atom. The molecule has 3 nitrogen and oxygen atoms in total. The third kappa shape index (κ3) is 0.708. The molecule has 2 rings (SSSR count). The molecular formula is C7H9N3. The number of nitrogens with zero attached hydrogens (tertiary/aromatic N) is 2. The van der Waals surface area contributed by atoms with E-state index in [1.54, 1.807) is 6.34 Å². The Morgan fingerprint density at radius 3 is 3.30 bits per heavy atom. The summed E-state index contributed by atoms with van der Waals surface area (Å²) in [4.78, 5) is 4.08. The molecule has 1 N–H and O–H groups in total. The second-order valence-electron chi connectivity index (χ2n) is 2.48. The van der Waals surface area contributed by atoms with Crippen LogP contribution in [0.3, 0.4) is 0 Å². The van der Waals surface area contributed by atoms with Crippen molar-refractivity contribution in [2.75, 3.05) is 5.32 Å². The highest BCUT2D eigenvalue weighted by Gasteiger charge is 2.05. The van der Waals surface area contributed by atoms with Gasteiger partial charge in [0.2, 0.25) is 0 Å². The monoisotopic (exact) mass is 135 g/mol. The average Bonchev–Trinajstić information content (AvgIpc) is 2.27. The van der Waals surface area contributed by atoms with Crippen molar-refractivity contribution in [2.45, 2.75) is 6.54 Å². The third-order valence-electron chi connectivity index (χ3n) is 1.61. The maximum atomic E-state index is 4.08. The predicted molar refractivity (Wildman–Crippen MR) is 41.2 cm³/mol. The predicted octanol–water partition coefficient (Wildman–Crippen LogP) is 0.979. The zero-order valence-electron chi connectivity index (χ0n) is 5.83. The first-order valence-electron chi connectivity index (χ1n) is 3.26. The van der Waals surface area contributed by atoms with E-state index in [4.69, 9.17) is 0 Å². The van der Waals surface area contributed by atoms with Crippen molar-refractivity contribution in [3.63, 3.8) is 0 Å². The van der Waals surface area contributed by atoms with Crippen molar-refractivity contribution in [3.05, 3.63) is 18.0 Å². The van der Waals surface area contributed by atoms with E-state index >= 15 is 0 Å². The van der Waals surface area contributed by atoms with Gasteiger partial charge >= 0.3 is 0 Å². The lowest BCUT2D eigenvalue weighted by atomic mass is 10.3. The molecule has 0 atom stereocenters. The first-order valence-corrected chi connectivity index (χ1v) is 3.26. The molecule has 0 fully saturated rings. The molecule has 0 amide bonds. The summed E-state index contributed by atoms with van der Waals surface area (Å²) in [6.07, 6.45) is 5.88. The van der Waals surface area contributed by atoms with Gasteiger partial charge in [-0.15, -0.1) is 0 Å².